The summed E-state index contributed by atoms with van der Waals surface area (Å²) in [7, 11) is 0. The first-order valence-electron chi connectivity index (χ1n) is 17.0. The van der Waals surface area contributed by atoms with Crippen LogP contribution in [-0.2, 0) is 9.59 Å². The fourth-order valence-corrected chi connectivity index (χ4v) is 10.1. The Morgan fingerprint density at radius 2 is 0.818 bits per heavy atom. The lowest BCUT2D eigenvalue weighted by molar-refractivity contribution is -0.308. The number of carboxylic acid groups (broad SMARTS) is 2. The Bertz CT molecular complexity index is 696. The molecule has 0 rings (SSSR count). The van der Waals surface area contributed by atoms with Crippen molar-refractivity contribution in [2.75, 3.05) is 11.5 Å². The quantitative estimate of drug-likeness (QED) is 0.0687. The van der Waals surface area contributed by atoms with E-state index in [1.165, 1.54) is 146 Å². The van der Waals surface area contributed by atoms with E-state index in [0.717, 1.165) is 21.5 Å². The van der Waals surface area contributed by atoms with Crippen molar-refractivity contribution in [3.63, 3.8) is 0 Å². The van der Waals surface area contributed by atoms with Crippen molar-refractivity contribution in [3.05, 3.63) is 0 Å². The maximum Gasteiger partial charge on any atom is 0.319 e. The third-order valence-electron chi connectivity index (χ3n) is 7.12. The lowest BCUT2D eigenvalue weighted by Crippen LogP contribution is -2.41. The Hall–Kier alpha value is 0.520. The molecule has 0 aliphatic rings. The van der Waals surface area contributed by atoms with Crippen molar-refractivity contribution in [2.24, 2.45) is 0 Å². The van der Waals surface area contributed by atoms with Crippen molar-refractivity contribution >= 4 is 90.5 Å². The summed E-state index contributed by atoms with van der Waals surface area (Å²) >= 11 is 16.2. The molecule has 0 atom stereocenters. The highest BCUT2D eigenvalue weighted by molar-refractivity contribution is 8.48. The van der Waals surface area contributed by atoms with Crippen LogP contribution >= 0.6 is 71.5 Å². The minimum absolute atomic E-state index is 0.713. The first-order chi connectivity index (χ1) is 20.8. The third kappa shape index (κ3) is 31.1. The molecule has 0 saturated carbocycles. The molecule has 0 aromatic carbocycles. The van der Waals surface area contributed by atoms with E-state index in [1.54, 1.807) is 51.2 Å². The van der Waals surface area contributed by atoms with Crippen molar-refractivity contribution in [3.8, 4) is 0 Å². The molecule has 4 nitrogen and oxygen atoms in total. The van der Waals surface area contributed by atoms with Crippen LogP contribution in [0.3, 0.4) is 0 Å². The summed E-state index contributed by atoms with van der Waals surface area (Å²) in [4.78, 5) is 21.9. The number of carboxylic acids is 2. The van der Waals surface area contributed by atoms with Gasteiger partial charge in [0.25, 0.3) is 0 Å². The average molecular weight is 728 g/mol. The van der Waals surface area contributed by atoms with Gasteiger partial charge in [-0.2, -0.15) is 0 Å². The molecule has 260 valence electrons. The summed E-state index contributed by atoms with van der Waals surface area (Å²) in [6, 6.07) is 0. The molecular weight excluding hydrogens is 665 g/mol. The second-order valence-corrected chi connectivity index (χ2v) is 20.2. The highest BCUT2D eigenvalue weighted by Gasteiger charge is 2.29. The molecule has 0 saturated heterocycles. The Labute approximate surface area is 299 Å². The number of rotatable bonds is 26. The summed E-state index contributed by atoms with van der Waals surface area (Å²) in [6.45, 7) is 11.2. The predicted octanol–water partition coefficient (Wildman–Crippen LogP) is 11.7. The van der Waals surface area contributed by atoms with Crippen LogP contribution in [0.2, 0.25) is 0 Å². The van der Waals surface area contributed by atoms with Crippen LogP contribution < -0.4 is 5.11 Å². The second kappa shape index (κ2) is 30.8. The molecule has 44 heavy (non-hydrogen) atoms. The summed E-state index contributed by atoms with van der Waals surface area (Å²) in [5.74, 6) is 0.141. The minimum atomic E-state index is -1.06. The highest BCUT2D eigenvalue weighted by atomic mass is 32.2. The zero-order valence-electron chi connectivity index (χ0n) is 28.7. The van der Waals surface area contributed by atoms with Crippen molar-refractivity contribution < 1.29 is 19.8 Å². The number of aliphatic carboxylic acids is 2. The first kappa shape index (κ1) is 46.6. The molecule has 0 spiro atoms. The van der Waals surface area contributed by atoms with Crippen LogP contribution in [0.1, 0.15) is 170 Å². The number of carbonyl (C=O) groups excluding carboxylic acids is 1. The van der Waals surface area contributed by atoms with Gasteiger partial charge in [-0.15, -0.1) is 23.5 Å². The van der Waals surface area contributed by atoms with Crippen LogP contribution in [0.5, 0.6) is 0 Å². The Morgan fingerprint density at radius 1 is 0.545 bits per heavy atom. The number of hydrogen-bond acceptors (Lipinski definition) is 9. The van der Waals surface area contributed by atoms with Gasteiger partial charge in [-0.3, -0.25) is 4.79 Å². The molecule has 1 N–H and O–H groups in total. The van der Waals surface area contributed by atoms with E-state index >= 15 is 0 Å². The van der Waals surface area contributed by atoms with Gasteiger partial charge in [0.1, 0.15) is 11.8 Å². The van der Waals surface area contributed by atoms with Crippen LogP contribution in [-0.4, -0.2) is 45.1 Å². The fraction of sp³-hybridized carbons (Fsp3) is 0.882. The van der Waals surface area contributed by atoms with Gasteiger partial charge in [0.15, 0.2) is 0 Å². The van der Waals surface area contributed by atoms with Gasteiger partial charge in [-0.25, -0.2) is 0 Å². The molecular formula is C34H63O4S6-. The third-order valence-corrected chi connectivity index (χ3v) is 12.7. The molecule has 0 fully saturated rings. The number of thioether (sulfide) groups is 4. The molecule has 10 heteroatoms. The Balaban J connectivity index is 0. The number of unbranched alkanes of at least 4 members (excludes halogenated alkanes) is 18. The van der Waals surface area contributed by atoms with Crippen LogP contribution in [0.15, 0.2) is 0 Å². The van der Waals surface area contributed by atoms with Crippen molar-refractivity contribution in [1.82, 2.24) is 0 Å². The predicted molar refractivity (Wildman–Crippen MR) is 210 cm³/mol. The van der Waals surface area contributed by atoms with Gasteiger partial charge in [0, 0.05) is 0 Å². The largest absolute Gasteiger partial charge is 0.549 e. The molecule has 0 unspecified atom stereocenters. The number of hydrogen-bond donors (Lipinski definition) is 1. The van der Waals surface area contributed by atoms with Gasteiger partial charge in [-0.1, -0.05) is 177 Å². The van der Waals surface area contributed by atoms with E-state index in [-0.39, 0.29) is 0 Å². The van der Waals surface area contributed by atoms with Gasteiger partial charge < -0.3 is 15.0 Å². The topological polar surface area (TPSA) is 77.4 Å². The lowest BCUT2D eigenvalue weighted by Gasteiger charge is -2.24. The summed E-state index contributed by atoms with van der Waals surface area (Å²) in [5.41, 5.74) is 0. The average Bonchev–Trinajstić information content (AvgIpc) is 2.94. The van der Waals surface area contributed by atoms with E-state index in [0.29, 0.717) is 3.53 Å². The van der Waals surface area contributed by atoms with Crippen LogP contribution in [0.25, 0.3) is 0 Å². The fourth-order valence-electron chi connectivity index (χ4n) is 4.05. The maximum atomic E-state index is 11.0. The van der Waals surface area contributed by atoms with E-state index in [4.69, 9.17) is 29.5 Å². The zero-order valence-corrected chi connectivity index (χ0v) is 33.6. The Kier molecular flexibility index (Phi) is 32.7. The molecule has 0 heterocycles. The summed E-state index contributed by atoms with van der Waals surface area (Å²) in [6.07, 6.45) is 26.6. The minimum Gasteiger partial charge on any atom is -0.549 e. The first-order valence-corrected chi connectivity index (χ1v) is 21.4. The van der Waals surface area contributed by atoms with Gasteiger partial charge in [0.05, 0.1) is 10.7 Å². The van der Waals surface area contributed by atoms with Crippen molar-refractivity contribution in [1.29, 1.82) is 0 Å². The van der Waals surface area contributed by atoms with E-state index < -0.39 is 21.4 Å². The van der Waals surface area contributed by atoms with E-state index in [9.17, 15) is 14.7 Å². The summed E-state index contributed by atoms with van der Waals surface area (Å²) < 4.78 is -0.280. The van der Waals surface area contributed by atoms with Gasteiger partial charge in [0.2, 0.25) is 0 Å². The van der Waals surface area contributed by atoms with E-state index in [2.05, 4.69) is 13.8 Å². The molecule has 0 aliphatic carbocycles. The Morgan fingerprint density at radius 3 is 1.09 bits per heavy atom. The summed E-state index contributed by atoms with van der Waals surface area (Å²) in [5, 5.41) is 20.0. The van der Waals surface area contributed by atoms with Crippen LogP contribution in [0.4, 0.5) is 0 Å². The van der Waals surface area contributed by atoms with E-state index in [1.807, 2.05) is 0 Å². The molecule has 0 amide bonds. The second-order valence-electron chi connectivity index (χ2n) is 12.4. The zero-order chi connectivity index (χ0) is 33.7. The molecule has 0 aromatic heterocycles. The molecule has 0 bridgehead atoms. The molecule has 0 radical (unpaired) electrons. The SMILES string of the molecule is CCCCCCCCCCCCSC(=S)SC(C)(C)C(=O)O.CCCCCCCCCCCCSC(=S)SC(C)(C)C(=O)[O-]. The smallest absolute Gasteiger partial charge is 0.319 e. The highest BCUT2D eigenvalue weighted by Crippen LogP contribution is 2.32. The van der Waals surface area contributed by atoms with Gasteiger partial charge in [-0.05, 0) is 52.0 Å². The normalized spacial score (nSPS) is 11.6. The molecule has 0 aromatic rings. The molecule has 0 aliphatic heterocycles. The monoisotopic (exact) mass is 727 g/mol. The number of thiocarbonyl (C=S) groups is 2. The van der Waals surface area contributed by atoms with Gasteiger partial charge >= 0.3 is 5.97 Å². The number of carbonyl (C=O) groups is 2. The van der Waals surface area contributed by atoms with Crippen LogP contribution in [0, 0.1) is 0 Å². The standard InChI is InChI=1S/2C17H32O2S3/c2*1-4-5-6-7-8-9-10-11-12-13-14-21-16(20)22-17(2,3)15(18)19/h2*4-14H2,1-3H3,(H,18,19)/p-1. The maximum absolute atomic E-state index is 11.0. The lowest BCUT2D eigenvalue weighted by atomic mass is 10.1. The van der Waals surface area contributed by atoms with Crippen molar-refractivity contribution in [2.45, 2.75) is 179 Å².